The van der Waals surface area contributed by atoms with Crippen molar-refractivity contribution in [3.63, 3.8) is 0 Å². The van der Waals surface area contributed by atoms with Crippen molar-refractivity contribution >= 4 is 0 Å². The molecule has 1 unspecified atom stereocenters. The van der Waals surface area contributed by atoms with Gasteiger partial charge in [0.1, 0.15) is 18.0 Å². The van der Waals surface area contributed by atoms with E-state index in [9.17, 15) is 4.39 Å². The number of halogens is 1. The molecular weight excluding hydrogens is 231 g/mol. The van der Waals surface area contributed by atoms with Crippen molar-refractivity contribution in [1.82, 2.24) is 20.1 Å². The van der Waals surface area contributed by atoms with Gasteiger partial charge in [0.15, 0.2) is 0 Å². The smallest absolute Gasteiger partial charge is 0.138 e. The molecule has 18 heavy (non-hydrogen) atoms. The standard InChI is InChI=1S/C13H17FN4/c1-15-8-11(7-13-16-9-17-18(13)2)10-3-5-12(14)6-4-10/h3-6,9,11,15H,7-8H2,1-2H3. The van der Waals surface area contributed by atoms with Crippen LogP contribution in [0.25, 0.3) is 0 Å². The molecule has 96 valence electrons. The Morgan fingerprint density at radius 2 is 2.06 bits per heavy atom. The lowest BCUT2D eigenvalue weighted by atomic mass is 9.95. The lowest BCUT2D eigenvalue weighted by Crippen LogP contribution is -2.20. The van der Waals surface area contributed by atoms with Gasteiger partial charge in [0.25, 0.3) is 0 Å². The molecule has 1 heterocycles. The second-order valence-corrected chi connectivity index (χ2v) is 4.31. The van der Waals surface area contributed by atoms with Crippen LogP contribution in [0, 0.1) is 5.82 Å². The first kappa shape index (κ1) is 12.7. The largest absolute Gasteiger partial charge is 0.319 e. The predicted molar refractivity (Wildman–Crippen MR) is 67.8 cm³/mol. The molecule has 5 heteroatoms. The van der Waals surface area contributed by atoms with Crippen molar-refractivity contribution in [3.05, 3.63) is 47.8 Å². The molecular formula is C13H17FN4. The van der Waals surface area contributed by atoms with Crippen molar-refractivity contribution in [1.29, 1.82) is 0 Å². The minimum Gasteiger partial charge on any atom is -0.319 e. The molecule has 1 atom stereocenters. The van der Waals surface area contributed by atoms with E-state index in [0.717, 1.165) is 24.4 Å². The molecule has 2 rings (SSSR count). The van der Waals surface area contributed by atoms with Crippen molar-refractivity contribution in [2.24, 2.45) is 7.05 Å². The van der Waals surface area contributed by atoms with E-state index in [-0.39, 0.29) is 11.7 Å². The van der Waals surface area contributed by atoms with E-state index < -0.39 is 0 Å². The van der Waals surface area contributed by atoms with Gasteiger partial charge in [0.2, 0.25) is 0 Å². The van der Waals surface area contributed by atoms with Crippen LogP contribution in [-0.4, -0.2) is 28.4 Å². The van der Waals surface area contributed by atoms with E-state index in [4.69, 9.17) is 0 Å². The van der Waals surface area contributed by atoms with Crippen molar-refractivity contribution in [3.8, 4) is 0 Å². The summed E-state index contributed by atoms with van der Waals surface area (Å²) in [6.45, 7) is 0.818. The fourth-order valence-electron chi connectivity index (χ4n) is 2.01. The van der Waals surface area contributed by atoms with Crippen LogP contribution in [-0.2, 0) is 13.5 Å². The number of aromatic nitrogens is 3. The zero-order valence-corrected chi connectivity index (χ0v) is 10.6. The Balaban J connectivity index is 2.18. The molecule has 0 amide bonds. The van der Waals surface area contributed by atoms with Gasteiger partial charge in [-0.15, -0.1) is 0 Å². The van der Waals surface area contributed by atoms with Crippen LogP contribution in [0.5, 0.6) is 0 Å². The van der Waals surface area contributed by atoms with Crippen LogP contribution in [0.15, 0.2) is 30.6 Å². The normalized spacial score (nSPS) is 12.6. The molecule has 1 aromatic heterocycles. The summed E-state index contributed by atoms with van der Waals surface area (Å²) in [6, 6.07) is 6.64. The molecule has 4 nitrogen and oxygen atoms in total. The third-order valence-corrected chi connectivity index (χ3v) is 3.03. The molecule has 0 radical (unpaired) electrons. The van der Waals surface area contributed by atoms with E-state index in [1.165, 1.54) is 12.1 Å². The first-order chi connectivity index (χ1) is 8.70. The summed E-state index contributed by atoms with van der Waals surface area (Å²) in [5.74, 6) is 0.985. The lowest BCUT2D eigenvalue weighted by Gasteiger charge is -2.16. The average molecular weight is 248 g/mol. The molecule has 0 aliphatic carbocycles. The Kier molecular flexibility index (Phi) is 4.04. The topological polar surface area (TPSA) is 42.7 Å². The van der Waals surface area contributed by atoms with E-state index in [1.807, 2.05) is 26.2 Å². The van der Waals surface area contributed by atoms with E-state index in [1.54, 1.807) is 11.0 Å². The Labute approximate surface area is 106 Å². The Morgan fingerprint density at radius 3 is 2.61 bits per heavy atom. The number of benzene rings is 1. The number of rotatable bonds is 5. The minimum atomic E-state index is -0.208. The highest BCUT2D eigenvalue weighted by atomic mass is 19.1. The van der Waals surface area contributed by atoms with Crippen LogP contribution in [0.4, 0.5) is 4.39 Å². The Bertz CT molecular complexity index is 492. The van der Waals surface area contributed by atoms with Gasteiger partial charge >= 0.3 is 0 Å². The number of aryl methyl sites for hydroxylation is 1. The summed E-state index contributed by atoms with van der Waals surface area (Å²) in [4.78, 5) is 4.23. The Hall–Kier alpha value is -1.75. The molecule has 0 aliphatic rings. The molecule has 0 spiro atoms. The van der Waals surface area contributed by atoms with Gasteiger partial charge in [-0.2, -0.15) is 5.10 Å². The zero-order chi connectivity index (χ0) is 13.0. The van der Waals surface area contributed by atoms with Gasteiger partial charge in [-0.3, -0.25) is 4.68 Å². The molecule has 0 saturated carbocycles. The van der Waals surface area contributed by atoms with Crippen LogP contribution >= 0.6 is 0 Å². The fourth-order valence-corrected chi connectivity index (χ4v) is 2.01. The number of hydrogen-bond acceptors (Lipinski definition) is 3. The predicted octanol–water partition coefficient (Wildman–Crippen LogP) is 1.50. The van der Waals surface area contributed by atoms with Gasteiger partial charge in [-0.1, -0.05) is 12.1 Å². The molecule has 0 aliphatic heterocycles. The maximum Gasteiger partial charge on any atom is 0.138 e. The van der Waals surface area contributed by atoms with E-state index >= 15 is 0 Å². The molecule has 2 aromatic rings. The zero-order valence-electron chi connectivity index (χ0n) is 10.6. The second-order valence-electron chi connectivity index (χ2n) is 4.31. The molecule has 1 N–H and O–H groups in total. The second kappa shape index (κ2) is 5.73. The van der Waals surface area contributed by atoms with Crippen LogP contribution in [0.1, 0.15) is 17.3 Å². The number of hydrogen-bond donors (Lipinski definition) is 1. The summed E-state index contributed by atoms with van der Waals surface area (Å²) >= 11 is 0. The monoisotopic (exact) mass is 248 g/mol. The van der Waals surface area contributed by atoms with Crippen LogP contribution < -0.4 is 5.32 Å². The van der Waals surface area contributed by atoms with E-state index in [0.29, 0.717) is 0 Å². The molecule has 1 aromatic carbocycles. The van der Waals surface area contributed by atoms with Gasteiger partial charge < -0.3 is 5.32 Å². The number of nitrogens with zero attached hydrogens (tertiary/aromatic N) is 3. The highest BCUT2D eigenvalue weighted by Gasteiger charge is 2.14. The summed E-state index contributed by atoms with van der Waals surface area (Å²) in [7, 11) is 3.79. The molecule has 0 bridgehead atoms. The SMILES string of the molecule is CNCC(Cc1ncnn1C)c1ccc(F)cc1. The van der Waals surface area contributed by atoms with Gasteiger partial charge in [-0.25, -0.2) is 9.37 Å². The number of nitrogens with one attached hydrogen (secondary N) is 1. The highest BCUT2D eigenvalue weighted by molar-refractivity contribution is 5.22. The maximum atomic E-state index is 12.9. The van der Waals surface area contributed by atoms with Crippen molar-refractivity contribution < 1.29 is 4.39 Å². The maximum absolute atomic E-state index is 12.9. The van der Waals surface area contributed by atoms with Gasteiger partial charge in [0, 0.05) is 25.9 Å². The highest BCUT2D eigenvalue weighted by Crippen LogP contribution is 2.19. The average Bonchev–Trinajstić information content (AvgIpc) is 2.76. The summed E-state index contributed by atoms with van der Waals surface area (Å²) in [5.41, 5.74) is 1.11. The first-order valence-electron chi connectivity index (χ1n) is 5.93. The van der Waals surface area contributed by atoms with E-state index in [2.05, 4.69) is 15.4 Å². The fraction of sp³-hybridized carbons (Fsp3) is 0.385. The first-order valence-corrected chi connectivity index (χ1v) is 5.93. The van der Waals surface area contributed by atoms with Crippen molar-refractivity contribution in [2.75, 3.05) is 13.6 Å². The quantitative estimate of drug-likeness (QED) is 0.872. The Morgan fingerprint density at radius 1 is 1.33 bits per heavy atom. The molecule has 0 fully saturated rings. The number of likely N-dealkylation sites (N-methyl/N-ethyl adjacent to an activating group) is 1. The summed E-state index contributed by atoms with van der Waals surface area (Å²) < 4.78 is 14.7. The lowest BCUT2D eigenvalue weighted by molar-refractivity contribution is 0.579. The van der Waals surface area contributed by atoms with Crippen LogP contribution in [0.3, 0.4) is 0 Å². The van der Waals surface area contributed by atoms with Crippen LogP contribution in [0.2, 0.25) is 0 Å². The van der Waals surface area contributed by atoms with Gasteiger partial charge in [-0.05, 0) is 24.7 Å². The third kappa shape index (κ3) is 2.92. The third-order valence-electron chi connectivity index (χ3n) is 3.03. The summed E-state index contributed by atoms with van der Waals surface area (Å²) in [5, 5.41) is 7.22. The minimum absolute atomic E-state index is 0.208. The summed E-state index contributed by atoms with van der Waals surface area (Å²) in [6.07, 6.45) is 2.33. The molecule has 0 saturated heterocycles. The van der Waals surface area contributed by atoms with Crippen molar-refractivity contribution in [2.45, 2.75) is 12.3 Å². The van der Waals surface area contributed by atoms with Gasteiger partial charge in [0.05, 0.1) is 0 Å².